The molecule has 0 bridgehead atoms. The fourth-order valence-corrected chi connectivity index (χ4v) is 1.41. The van der Waals surface area contributed by atoms with Gasteiger partial charge in [0.05, 0.1) is 12.2 Å². The van der Waals surface area contributed by atoms with Gasteiger partial charge in [0.2, 0.25) is 0 Å². The molecule has 1 atom stereocenters. The van der Waals surface area contributed by atoms with Crippen LogP contribution < -0.4 is 5.32 Å². The van der Waals surface area contributed by atoms with Crippen molar-refractivity contribution in [1.82, 2.24) is 5.32 Å². The highest BCUT2D eigenvalue weighted by molar-refractivity contribution is 5.85. The van der Waals surface area contributed by atoms with Gasteiger partial charge in [0.15, 0.2) is 0 Å². The molecule has 0 spiro atoms. The van der Waals surface area contributed by atoms with Gasteiger partial charge in [-0.25, -0.2) is 0 Å². The van der Waals surface area contributed by atoms with E-state index in [4.69, 9.17) is 4.74 Å². The van der Waals surface area contributed by atoms with Crippen LogP contribution in [-0.4, -0.2) is 25.3 Å². The number of nitrogens with one attached hydrogen (secondary N) is 1. The van der Waals surface area contributed by atoms with Gasteiger partial charge < -0.3 is 10.1 Å². The second kappa shape index (κ2) is 4.29. The van der Waals surface area contributed by atoms with Crippen molar-refractivity contribution in [3.63, 3.8) is 0 Å². The van der Waals surface area contributed by atoms with Crippen LogP contribution in [0.1, 0.15) is 25.7 Å². The number of ether oxygens (including phenoxy) is 1. The molecular formula is C8H16ClNO. The zero-order valence-electron chi connectivity index (χ0n) is 6.71. The van der Waals surface area contributed by atoms with Gasteiger partial charge in [0, 0.05) is 6.54 Å². The number of piperidine rings is 1. The molecule has 2 rings (SSSR count). The Morgan fingerprint density at radius 3 is 2.45 bits per heavy atom. The summed E-state index contributed by atoms with van der Waals surface area (Å²) in [5.41, 5.74) is 0. The molecule has 2 fully saturated rings. The molecule has 1 saturated carbocycles. The van der Waals surface area contributed by atoms with E-state index in [-0.39, 0.29) is 12.4 Å². The minimum Gasteiger partial charge on any atom is -0.374 e. The van der Waals surface area contributed by atoms with Crippen LogP contribution in [-0.2, 0) is 4.74 Å². The van der Waals surface area contributed by atoms with E-state index in [2.05, 4.69) is 5.32 Å². The van der Waals surface area contributed by atoms with E-state index in [1.54, 1.807) is 0 Å². The zero-order chi connectivity index (χ0) is 6.81. The lowest BCUT2D eigenvalue weighted by molar-refractivity contribution is 0.0249. The van der Waals surface area contributed by atoms with Crippen LogP contribution in [0.5, 0.6) is 0 Å². The lowest BCUT2D eigenvalue weighted by atomic mass is 10.1. The first-order valence-electron chi connectivity index (χ1n) is 4.31. The normalized spacial score (nSPS) is 31.1. The molecule has 1 aliphatic carbocycles. The van der Waals surface area contributed by atoms with Crippen molar-refractivity contribution in [2.75, 3.05) is 13.1 Å². The van der Waals surface area contributed by atoms with Crippen LogP contribution in [0, 0.1) is 0 Å². The third-order valence-electron chi connectivity index (χ3n) is 2.16. The molecule has 3 heteroatoms. The molecule has 1 unspecified atom stereocenters. The zero-order valence-corrected chi connectivity index (χ0v) is 7.53. The quantitative estimate of drug-likeness (QED) is 0.688. The predicted molar refractivity (Wildman–Crippen MR) is 47.2 cm³/mol. The van der Waals surface area contributed by atoms with E-state index in [0.717, 1.165) is 6.54 Å². The molecule has 1 saturated heterocycles. The van der Waals surface area contributed by atoms with E-state index >= 15 is 0 Å². The van der Waals surface area contributed by atoms with Crippen LogP contribution in [0.15, 0.2) is 0 Å². The number of rotatable bonds is 2. The number of hydrogen-bond acceptors (Lipinski definition) is 2. The second-order valence-electron chi connectivity index (χ2n) is 3.30. The third kappa shape index (κ3) is 2.97. The molecule has 0 amide bonds. The summed E-state index contributed by atoms with van der Waals surface area (Å²) in [6, 6.07) is 0. The first-order chi connectivity index (χ1) is 4.95. The highest BCUT2D eigenvalue weighted by Gasteiger charge is 2.26. The van der Waals surface area contributed by atoms with Gasteiger partial charge in [-0.05, 0) is 32.2 Å². The fourth-order valence-electron chi connectivity index (χ4n) is 1.41. The molecule has 1 heterocycles. The van der Waals surface area contributed by atoms with Crippen LogP contribution in [0.3, 0.4) is 0 Å². The van der Waals surface area contributed by atoms with E-state index in [0.29, 0.717) is 12.2 Å². The second-order valence-corrected chi connectivity index (χ2v) is 3.30. The monoisotopic (exact) mass is 177 g/mol. The minimum atomic E-state index is 0. The van der Waals surface area contributed by atoms with E-state index in [9.17, 15) is 0 Å². The average Bonchev–Trinajstić information content (AvgIpc) is 2.74. The van der Waals surface area contributed by atoms with Crippen molar-refractivity contribution in [3.8, 4) is 0 Å². The van der Waals surface area contributed by atoms with Gasteiger partial charge in [0.1, 0.15) is 0 Å². The van der Waals surface area contributed by atoms with E-state index < -0.39 is 0 Å². The third-order valence-corrected chi connectivity index (χ3v) is 2.16. The Labute approximate surface area is 74.1 Å². The average molecular weight is 178 g/mol. The van der Waals surface area contributed by atoms with Gasteiger partial charge in [-0.2, -0.15) is 0 Å². The minimum absolute atomic E-state index is 0. The van der Waals surface area contributed by atoms with Gasteiger partial charge in [-0.3, -0.25) is 0 Å². The Bertz CT molecular complexity index is 111. The molecule has 2 nitrogen and oxygen atoms in total. The molecule has 0 aromatic heterocycles. The molecule has 1 aliphatic heterocycles. The maximum absolute atomic E-state index is 5.74. The molecule has 0 radical (unpaired) electrons. The Morgan fingerprint density at radius 2 is 1.91 bits per heavy atom. The van der Waals surface area contributed by atoms with Crippen LogP contribution in [0.25, 0.3) is 0 Å². The molecule has 0 aromatic rings. The van der Waals surface area contributed by atoms with Crippen LogP contribution in [0.2, 0.25) is 0 Å². The molecule has 2 aliphatic rings. The summed E-state index contributed by atoms with van der Waals surface area (Å²) in [5, 5.41) is 3.34. The molecule has 66 valence electrons. The largest absolute Gasteiger partial charge is 0.374 e. The highest BCUT2D eigenvalue weighted by atomic mass is 35.5. The summed E-state index contributed by atoms with van der Waals surface area (Å²) in [6.45, 7) is 2.26. The van der Waals surface area contributed by atoms with Crippen molar-refractivity contribution >= 4 is 12.4 Å². The van der Waals surface area contributed by atoms with E-state index in [1.165, 1.54) is 32.2 Å². The van der Waals surface area contributed by atoms with Crippen LogP contribution >= 0.6 is 12.4 Å². The van der Waals surface area contributed by atoms with Crippen molar-refractivity contribution in [2.24, 2.45) is 0 Å². The molecule has 1 N–H and O–H groups in total. The number of hydrogen-bond donors (Lipinski definition) is 1. The topological polar surface area (TPSA) is 21.3 Å². The maximum Gasteiger partial charge on any atom is 0.0703 e. The Kier molecular flexibility index (Phi) is 3.63. The van der Waals surface area contributed by atoms with Crippen molar-refractivity contribution < 1.29 is 4.74 Å². The summed E-state index contributed by atoms with van der Waals surface area (Å²) < 4.78 is 5.74. The van der Waals surface area contributed by atoms with Gasteiger partial charge in [-0.15, -0.1) is 12.4 Å². The van der Waals surface area contributed by atoms with Gasteiger partial charge in [0.25, 0.3) is 0 Å². The molecular weight excluding hydrogens is 162 g/mol. The summed E-state index contributed by atoms with van der Waals surface area (Å²) in [7, 11) is 0. The van der Waals surface area contributed by atoms with Crippen molar-refractivity contribution in [1.29, 1.82) is 0 Å². The van der Waals surface area contributed by atoms with Gasteiger partial charge >= 0.3 is 0 Å². The van der Waals surface area contributed by atoms with Crippen LogP contribution in [0.4, 0.5) is 0 Å². The molecule has 11 heavy (non-hydrogen) atoms. The fraction of sp³-hybridized carbons (Fsp3) is 1.00. The lowest BCUT2D eigenvalue weighted by Gasteiger charge is -2.22. The van der Waals surface area contributed by atoms with E-state index in [1.807, 2.05) is 0 Å². The number of halogens is 1. The summed E-state index contributed by atoms with van der Waals surface area (Å²) in [5.74, 6) is 0. The predicted octanol–water partition coefficient (Wildman–Crippen LogP) is 1.34. The Balaban J connectivity index is 0.000000605. The maximum atomic E-state index is 5.74. The Hall–Kier alpha value is 0.210. The van der Waals surface area contributed by atoms with Crippen molar-refractivity contribution in [3.05, 3.63) is 0 Å². The smallest absolute Gasteiger partial charge is 0.0703 e. The lowest BCUT2D eigenvalue weighted by Crippen LogP contribution is -2.35. The summed E-state index contributed by atoms with van der Waals surface area (Å²) in [4.78, 5) is 0. The molecule has 0 aromatic carbocycles. The SMILES string of the molecule is C1CNCC(OC2CC2)C1.Cl. The Morgan fingerprint density at radius 1 is 1.09 bits per heavy atom. The highest BCUT2D eigenvalue weighted by Crippen LogP contribution is 2.26. The first-order valence-corrected chi connectivity index (χ1v) is 4.31. The standard InChI is InChI=1S/C8H15NO.ClH/c1-2-8(6-9-5-1)10-7-3-4-7;/h7-9H,1-6H2;1H. The summed E-state index contributed by atoms with van der Waals surface area (Å²) >= 11 is 0. The first kappa shape index (κ1) is 9.30. The van der Waals surface area contributed by atoms with Gasteiger partial charge in [-0.1, -0.05) is 0 Å². The van der Waals surface area contributed by atoms with Crippen molar-refractivity contribution in [2.45, 2.75) is 37.9 Å². The summed E-state index contributed by atoms with van der Waals surface area (Å²) in [6.07, 6.45) is 6.32.